The third kappa shape index (κ3) is 4.91. The maximum atomic E-state index is 4.33. The van der Waals surface area contributed by atoms with Crippen molar-refractivity contribution < 1.29 is 0 Å². The zero-order valence-electron chi connectivity index (χ0n) is 26.6. The number of aliphatic imine (C=N–C) groups is 1. The Morgan fingerprint density at radius 3 is 2.20 bits per heavy atom. The van der Waals surface area contributed by atoms with Gasteiger partial charge in [0.25, 0.3) is 0 Å². The SMILES string of the molecule is C=Nc1ccccc1N(Cc1ccc(-n2c3c(c4ccc(B5CC(C)(C)C(C)(C)C5)cc42)=CCCC=3)cc1)c1ccccc1. The average molecular weight is 576 g/mol. The molecule has 0 bridgehead atoms. The number of anilines is 2. The van der Waals surface area contributed by atoms with Crippen molar-refractivity contribution in [3.63, 3.8) is 0 Å². The van der Waals surface area contributed by atoms with Crippen LogP contribution in [0.25, 0.3) is 28.7 Å². The lowest BCUT2D eigenvalue weighted by Crippen LogP contribution is -2.30. The molecule has 0 atom stereocenters. The molecule has 1 aliphatic carbocycles. The van der Waals surface area contributed by atoms with E-state index in [1.165, 1.54) is 50.8 Å². The Balaban J connectivity index is 1.28. The largest absolute Gasteiger partial charge is 0.335 e. The Hall–Kier alpha value is -4.31. The molecule has 1 fully saturated rings. The molecule has 0 unspecified atom stereocenters. The van der Waals surface area contributed by atoms with Crippen LogP contribution in [0.4, 0.5) is 17.1 Å². The van der Waals surface area contributed by atoms with Crippen molar-refractivity contribution in [1.82, 2.24) is 4.57 Å². The fraction of sp³-hybridized carbons (Fsp3) is 0.275. The van der Waals surface area contributed by atoms with Gasteiger partial charge < -0.3 is 9.47 Å². The second kappa shape index (κ2) is 11.0. The van der Waals surface area contributed by atoms with Crippen molar-refractivity contribution in [2.45, 2.75) is 59.7 Å². The number of benzene rings is 4. The van der Waals surface area contributed by atoms with Crippen LogP contribution in [0.2, 0.25) is 12.6 Å². The Morgan fingerprint density at radius 2 is 1.48 bits per heavy atom. The molecule has 4 heteroatoms. The molecule has 0 N–H and O–H groups in total. The van der Waals surface area contributed by atoms with Crippen LogP contribution in [0, 0.1) is 10.8 Å². The Bertz CT molecular complexity index is 1950. The zero-order chi connectivity index (χ0) is 30.5. The number of para-hydroxylation sites is 3. The van der Waals surface area contributed by atoms with Gasteiger partial charge in [-0.25, -0.2) is 0 Å². The minimum absolute atomic E-state index is 0.334. The van der Waals surface area contributed by atoms with Gasteiger partial charge in [-0.3, -0.25) is 4.99 Å². The molecule has 0 amide bonds. The summed E-state index contributed by atoms with van der Waals surface area (Å²) in [6.45, 7) is 15.0. The van der Waals surface area contributed by atoms with E-state index in [1.54, 1.807) is 0 Å². The highest BCUT2D eigenvalue weighted by Crippen LogP contribution is 2.52. The van der Waals surface area contributed by atoms with Crippen molar-refractivity contribution in [2.75, 3.05) is 4.90 Å². The third-order valence-corrected chi connectivity index (χ3v) is 10.7. The fourth-order valence-corrected chi connectivity index (χ4v) is 7.52. The number of hydrogen-bond acceptors (Lipinski definition) is 2. The van der Waals surface area contributed by atoms with E-state index in [9.17, 15) is 0 Å². The van der Waals surface area contributed by atoms with Crippen LogP contribution in [0.15, 0.2) is 102 Å². The zero-order valence-corrected chi connectivity index (χ0v) is 26.6. The van der Waals surface area contributed by atoms with Gasteiger partial charge in [0.1, 0.15) is 0 Å². The summed E-state index contributed by atoms with van der Waals surface area (Å²) in [6, 6.07) is 35.3. The van der Waals surface area contributed by atoms with Gasteiger partial charge in [0.15, 0.2) is 6.71 Å². The van der Waals surface area contributed by atoms with Gasteiger partial charge in [0.05, 0.1) is 16.9 Å². The maximum absolute atomic E-state index is 4.33. The van der Waals surface area contributed by atoms with Crippen LogP contribution in [-0.2, 0) is 6.54 Å². The number of nitrogens with zero attached hydrogens (tertiary/aromatic N) is 3. The number of aromatic nitrogens is 1. The molecule has 1 aliphatic heterocycles. The molecule has 5 aromatic rings. The molecule has 0 saturated carbocycles. The summed E-state index contributed by atoms with van der Waals surface area (Å²) in [6.07, 6.45) is 9.53. The normalized spacial score (nSPS) is 16.7. The standard InChI is InChI=1S/C40H42BN3/c1-39(2)27-41(28-40(39,3)4)30-21-24-34-33-15-9-11-17-36(33)44(38(34)25-30)32-22-19-29(20-23-32)26-43(31-13-7-6-8-14-31)37-18-12-10-16-35(37)42-5/h6-8,10,12-25H,5,9,11,26-28H2,1-4H3. The van der Waals surface area contributed by atoms with Crippen molar-refractivity contribution in [3.05, 3.63) is 113 Å². The van der Waals surface area contributed by atoms with E-state index < -0.39 is 0 Å². The quantitative estimate of drug-likeness (QED) is 0.141. The van der Waals surface area contributed by atoms with Gasteiger partial charge in [-0.1, -0.05) is 113 Å². The first-order valence-corrected chi connectivity index (χ1v) is 16.1. The highest BCUT2D eigenvalue weighted by Gasteiger charge is 2.48. The van der Waals surface area contributed by atoms with E-state index in [0.717, 1.165) is 36.4 Å². The van der Waals surface area contributed by atoms with Gasteiger partial charge in [-0.15, -0.1) is 0 Å². The van der Waals surface area contributed by atoms with Gasteiger partial charge in [0.2, 0.25) is 0 Å². The summed E-state index contributed by atoms with van der Waals surface area (Å²) in [5, 5.41) is 4.09. The highest BCUT2D eigenvalue weighted by molar-refractivity contribution is 6.74. The predicted octanol–water partition coefficient (Wildman–Crippen LogP) is 8.42. The monoisotopic (exact) mass is 575 g/mol. The smallest absolute Gasteiger partial charge is 0.177 e. The van der Waals surface area contributed by atoms with E-state index in [1.807, 2.05) is 12.1 Å². The molecule has 1 aromatic heterocycles. The van der Waals surface area contributed by atoms with Crippen molar-refractivity contribution in [1.29, 1.82) is 0 Å². The average Bonchev–Trinajstić information content (AvgIpc) is 3.49. The minimum Gasteiger partial charge on any atom is -0.335 e. The minimum atomic E-state index is 0.334. The lowest BCUT2D eigenvalue weighted by molar-refractivity contribution is 0.177. The second-order valence-electron chi connectivity index (χ2n) is 14.0. The van der Waals surface area contributed by atoms with Crippen LogP contribution in [0.1, 0.15) is 46.1 Å². The van der Waals surface area contributed by atoms with Crippen LogP contribution in [-0.4, -0.2) is 18.0 Å². The first kappa shape index (κ1) is 28.5. The van der Waals surface area contributed by atoms with E-state index in [0.29, 0.717) is 17.5 Å². The lowest BCUT2D eigenvalue weighted by Gasteiger charge is -2.35. The second-order valence-corrected chi connectivity index (χ2v) is 14.0. The van der Waals surface area contributed by atoms with Crippen molar-refractivity contribution in [3.8, 4) is 5.69 Å². The molecule has 0 radical (unpaired) electrons. The third-order valence-electron chi connectivity index (χ3n) is 10.7. The fourth-order valence-electron chi connectivity index (χ4n) is 7.52. The van der Waals surface area contributed by atoms with Gasteiger partial charge in [-0.05, 0) is 78.4 Å². The van der Waals surface area contributed by atoms with Gasteiger partial charge >= 0.3 is 0 Å². The number of hydrogen-bond donors (Lipinski definition) is 0. The summed E-state index contributed by atoms with van der Waals surface area (Å²) in [5.41, 5.74) is 9.01. The van der Waals surface area contributed by atoms with E-state index in [4.69, 9.17) is 0 Å². The van der Waals surface area contributed by atoms with Crippen LogP contribution >= 0.6 is 0 Å². The Labute approximate surface area is 262 Å². The van der Waals surface area contributed by atoms with Crippen LogP contribution in [0.5, 0.6) is 0 Å². The van der Waals surface area contributed by atoms with Gasteiger partial charge in [0, 0.05) is 33.9 Å². The lowest BCUT2D eigenvalue weighted by atomic mass is 9.42. The van der Waals surface area contributed by atoms with Gasteiger partial charge in [-0.2, -0.15) is 0 Å². The first-order valence-electron chi connectivity index (χ1n) is 16.1. The number of rotatable bonds is 7. The van der Waals surface area contributed by atoms with Crippen molar-refractivity contribution >= 4 is 59.0 Å². The molecule has 220 valence electrons. The van der Waals surface area contributed by atoms with E-state index in [-0.39, 0.29) is 0 Å². The molecule has 7 rings (SSSR count). The molecule has 0 spiro atoms. The Morgan fingerprint density at radius 1 is 0.795 bits per heavy atom. The maximum Gasteiger partial charge on any atom is 0.177 e. The molecule has 2 aliphatic rings. The summed E-state index contributed by atoms with van der Waals surface area (Å²) in [7, 11) is 0. The summed E-state index contributed by atoms with van der Waals surface area (Å²) in [4.78, 5) is 6.65. The Kier molecular flexibility index (Phi) is 7.12. The van der Waals surface area contributed by atoms with E-state index in [2.05, 4.69) is 146 Å². The molecule has 1 saturated heterocycles. The van der Waals surface area contributed by atoms with Crippen molar-refractivity contribution in [2.24, 2.45) is 15.8 Å². The van der Waals surface area contributed by atoms with Crippen LogP contribution < -0.4 is 20.9 Å². The molecular formula is C40H42BN3. The molecular weight excluding hydrogens is 533 g/mol. The molecule has 2 heterocycles. The number of fused-ring (bicyclic) bond motifs is 3. The van der Waals surface area contributed by atoms with Crippen LogP contribution in [0.3, 0.4) is 0 Å². The highest BCUT2D eigenvalue weighted by atomic mass is 15.1. The molecule has 3 nitrogen and oxygen atoms in total. The summed E-state index contributed by atoms with van der Waals surface area (Å²) in [5.74, 6) is 0. The topological polar surface area (TPSA) is 20.5 Å². The first-order chi connectivity index (χ1) is 21.3. The predicted molar refractivity (Wildman–Crippen MR) is 191 cm³/mol. The molecule has 44 heavy (non-hydrogen) atoms. The summed E-state index contributed by atoms with van der Waals surface area (Å²) >= 11 is 0. The van der Waals surface area contributed by atoms with E-state index >= 15 is 0 Å². The summed E-state index contributed by atoms with van der Waals surface area (Å²) < 4.78 is 2.50. The molecule has 4 aromatic carbocycles.